The number of aliphatic hydroxyl groups excluding tert-OH is 5. The van der Waals surface area contributed by atoms with Crippen LogP contribution in [0.5, 0.6) is 0 Å². The highest BCUT2D eigenvalue weighted by Crippen LogP contribution is 2.26. The molecule has 87 heavy (non-hydrogen) atoms. The number of hydrogen-bond donors (Lipinski definition) is 6. The highest BCUT2D eigenvalue weighted by Gasteiger charge is 2.47. The molecule has 510 valence electrons. The van der Waals surface area contributed by atoms with Gasteiger partial charge in [0.25, 0.3) is 0 Å². The summed E-state index contributed by atoms with van der Waals surface area (Å²) in [4.78, 5) is 26.7. The number of esters is 1. The van der Waals surface area contributed by atoms with Crippen molar-refractivity contribution in [3.8, 4) is 0 Å². The third kappa shape index (κ3) is 50.9. The minimum absolute atomic E-state index is 0.125. The fourth-order valence-corrected chi connectivity index (χ4v) is 11.8. The van der Waals surface area contributed by atoms with Crippen molar-refractivity contribution in [1.29, 1.82) is 0 Å². The van der Waals surface area contributed by atoms with Crippen molar-refractivity contribution < 1.29 is 49.3 Å². The van der Waals surface area contributed by atoms with Crippen LogP contribution in [-0.2, 0) is 23.8 Å². The first kappa shape index (κ1) is 82.6. The molecule has 1 aliphatic rings. The number of nitrogens with one attached hydrogen (secondary N) is 1. The SMILES string of the molecule is CCCCC/C=C\C/C=C\CCCCCCCCCCCCCCCCCCC(O)C(=O)NC(COC1OC(CO)C(O)C(O)C1OC(=O)CCCCCCCCCCCCC/C=C/CCCCCCCC)C(O)/C=C/CCCCCCCCCCC. The van der Waals surface area contributed by atoms with Crippen LogP contribution in [0, 0.1) is 0 Å². The van der Waals surface area contributed by atoms with E-state index in [1.54, 1.807) is 6.08 Å². The molecular formula is C76H141NO10. The predicted octanol–water partition coefficient (Wildman–Crippen LogP) is 19.5. The van der Waals surface area contributed by atoms with Crippen LogP contribution in [0.3, 0.4) is 0 Å². The van der Waals surface area contributed by atoms with E-state index in [0.717, 1.165) is 64.2 Å². The van der Waals surface area contributed by atoms with Crippen molar-refractivity contribution in [2.45, 2.75) is 410 Å². The summed E-state index contributed by atoms with van der Waals surface area (Å²) in [6.07, 6.45) is 70.2. The Kier molecular flexibility index (Phi) is 60.6. The highest BCUT2D eigenvalue weighted by atomic mass is 16.7. The lowest BCUT2D eigenvalue weighted by Crippen LogP contribution is -2.61. The van der Waals surface area contributed by atoms with E-state index in [-0.39, 0.29) is 13.0 Å². The van der Waals surface area contributed by atoms with Crippen LogP contribution in [0.4, 0.5) is 0 Å². The second-order valence-electron chi connectivity index (χ2n) is 26.0. The maximum atomic E-state index is 13.5. The smallest absolute Gasteiger partial charge is 0.306 e. The summed E-state index contributed by atoms with van der Waals surface area (Å²) >= 11 is 0. The van der Waals surface area contributed by atoms with E-state index in [1.807, 2.05) is 6.08 Å². The maximum absolute atomic E-state index is 13.5. The summed E-state index contributed by atoms with van der Waals surface area (Å²) in [6, 6.07) is -1.02. The topological polar surface area (TPSA) is 175 Å². The van der Waals surface area contributed by atoms with E-state index in [0.29, 0.717) is 19.3 Å². The van der Waals surface area contributed by atoms with Crippen molar-refractivity contribution in [2.24, 2.45) is 0 Å². The molecule has 0 spiro atoms. The zero-order valence-electron chi connectivity index (χ0n) is 56.9. The van der Waals surface area contributed by atoms with Gasteiger partial charge in [-0.25, -0.2) is 0 Å². The molecule has 0 saturated carbocycles. The van der Waals surface area contributed by atoms with E-state index in [4.69, 9.17) is 14.2 Å². The molecule has 6 N–H and O–H groups in total. The average Bonchev–Trinajstić information content (AvgIpc) is 1.30. The van der Waals surface area contributed by atoms with Gasteiger partial charge in [-0.1, -0.05) is 320 Å². The lowest BCUT2D eigenvalue weighted by atomic mass is 9.99. The molecular weight excluding hydrogens is 1090 g/mol. The third-order valence-electron chi connectivity index (χ3n) is 17.7. The molecule has 0 radical (unpaired) electrons. The first-order valence-corrected chi connectivity index (χ1v) is 37.4. The first-order chi connectivity index (χ1) is 42.7. The molecule has 8 atom stereocenters. The van der Waals surface area contributed by atoms with Crippen LogP contribution < -0.4 is 5.32 Å². The molecule has 0 bridgehead atoms. The number of carbonyl (C=O) groups excluding carboxylic acids is 2. The molecule has 1 saturated heterocycles. The predicted molar refractivity (Wildman–Crippen MR) is 366 cm³/mol. The van der Waals surface area contributed by atoms with Gasteiger partial charge in [0.1, 0.15) is 24.4 Å². The molecule has 1 aliphatic heterocycles. The number of allylic oxidation sites excluding steroid dienone is 7. The summed E-state index contributed by atoms with van der Waals surface area (Å²) in [5.74, 6) is -1.18. The van der Waals surface area contributed by atoms with E-state index < -0.39 is 67.4 Å². The van der Waals surface area contributed by atoms with Gasteiger partial charge in [0.15, 0.2) is 12.4 Å². The van der Waals surface area contributed by atoms with Crippen LogP contribution in [0.25, 0.3) is 0 Å². The van der Waals surface area contributed by atoms with Gasteiger partial charge in [-0.2, -0.15) is 0 Å². The Morgan fingerprint density at radius 2 is 0.793 bits per heavy atom. The molecule has 1 heterocycles. The zero-order valence-corrected chi connectivity index (χ0v) is 56.9. The summed E-state index contributed by atoms with van der Waals surface area (Å²) in [7, 11) is 0. The van der Waals surface area contributed by atoms with E-state index in [9.17, 15) is 35.1 Å². The van der Waals surface area contributed by atoms with Gasteiger partial charge in [-0.15, -0.1) is 0 Å². The van der Waals surface area contributed by atoms with Gasteiger partial charge in [-0.05, 0) is 83.5 Å². The highest BCUT2D eigenvalue weighted by molar-refractivity contribution is 5.80. The molecule has 1 fully saturated rings. The number of amides is 1. The first-order valence-electron chi connectivity index (χ1n) is 37.4. The lowest BCUT2D eigenvalue weighted by molar-refractivity contribution is -0.305. The van der Waals surface area contributed by atoms with Crippen LogP contribution >= 0.6 is 0 Å². The zero-order chi connectivity index (χ0) is 63.1. The Morgan fingerprint density at radius 3 is 1.21 bits per heavy atom. The Morgan fingerprint density at radius 1 is 0.448 bits per heavy atom. The molecule has 0 aliphatic carbocycles. The summed E-state index contributed by atoms with van der Waals surface area (Å²) in [6.45, 7) is 5.81. The van der Waals surface area contributed by atoms with Crippen molar-refractivity contribution in [2.75, 3.05) is 13.2 Å². The van der Waals surface area contributed by atoms with Gasteiger partial charge >= 0.3 is 5.97 Å². The molecule has 11 heteroatoms. The van der Waals surface area contributed by atoms with Gasteiger partial charge in [0.05, 0.1) is 25.4 Å². The quantitative estimate of drug-likeness (QED) is 0.0195. The molecule has 0 aromatic rings. The van der Waals surface area contributed by atoms with E-state index >= 15 is 0 Å². The number of aliphatic hydroxyl groups is 5. The van der Waals surface area contributed by atoms with Gasteiger partial charge in [0.2, 0.25) is 5.91 Å². The number of rotatable bonds is 65. The molecule has 1 amide bonds. The lowest BCUT2D eigenvalue weighted by Gasteiger charge is -2.41. The van der Waals surface area contributed by atoms with Crippen molar-refractivity contribution >= 4 is 11.9 Å². The summed E-state index contributed by atoms with van der Waals surface area (Å²) in [5, 5.41) is 57.3. The number of unbranched alkanes of at least 4 members (excludes halogenated alkanes) is 45. The molecule has 11 nitrogen and oxygen atoms in total. The average molecular weight is 1230 g/mol. The molecule has 0 aromatic heterocycles. The summed E-state index contributed by atoms with van der Waals surface area (Å²) < 4.78 is 17.7. The van der Waals surface area contributed by atoms with Crippen molar-refractivity contribution in [3.63, 3.8) is 0 Å². The van der Waals surface area contributed by atoms with Crippen LogP contribution in [0.15, 0.2) is 48.6 Å². The fourth-order valence-electron chi connectivity index (χ4n) is 11.8. The Labute approximate surface area is 536 Å². The van der Waals surface area contributed by atoms with Crippen LogP contribution in [-0.4, -0.2) is 99.6 Å². The monoisotopic (exact) mass is 1230 g/mol. The maximum Gasteiger partial charge on any atom is 0.306 e. The Balaban J connectivity index is 2.51. The molecule has 8 unspecified atom stereocenters. The van der Waals surface area contributed by atoms with E-state index in [2.05, 4.69) is 62.5 Å². The van der Waals surface area contributed by atoms with Crippen molar-refractivity contribution in [3.05, 3.63) is 48.6 Å². The van der Waals surface area contributed by atoms with Crippen LogP contribution in [0.1, 0.15) is 361 Å². The summed E-state index contributed by atoms with van der Waals surface area (Å²) in [5.41, 5.74) is 0. The Hall–Kier alpha value is -2.38. The van der Waals surface area contributed by atoms with Gasteiger partial charge < -0.3 is 45.1 Å². The largest absolute Gasteiger partial charge is 0.454 e. The minimum Gasteiger partial charge on any atom is -0.454 e. The normalized spacial score (nSPS) is 18.5. The third-order valence-corrected chi connectivity index (χ3v) is 17.7. The Bertz CT molecular complexity index is 1600. The van der Waals surface area contributed by atoms with Crippen molar-refractivity contribution in [1.82, 2.24) is 5.32 Å². The minimum atomic E-state index is -1.61. The van der Waals surface area contributed by atoms with Gasteiger partial charge in [0, 0.05) is 6.42 Å². The molecule has 1 rings (SSSR count). The van der Waals surface area contributed by atoms with Gasteiger partial charge in [-0.3, -0.25) is 9.59 Å². The molecule has 0 aromatic carbocycles. The second kappa shape index (κ2) is 63.8. The number of hydrogen-bond acceptors (Lipinski definition) is 10. The standard InChI is InChI=1S/C76H141NO10/c1-4-7-10-13-16-19-22-24-26-28-30-32-33-34-35-36-38-39-41-43-45-48-51-54-57-60-63-69(80)75(84)77-67(68(79)62-59-56-53-50-47-21-18-15-12-9-6-3)66-85-76-74(73(83)72(82)70(65-78)86-76)87-71(81)64-61-58-55-52-49-46-44-42-40-37-31-29-27-25-23-20-17-14-11-8-5-2/h16,19,24-27,59,62,67-70,72-74,76,78-80,82-83H,4-15,17-18,20-23,28-58,60-61,63-66H2,1-3H3,(H,77,84)/b19-16-,26-24-,27-25+,62-59+. The van der Waals surface area contributed by atoms with E-state index in [1.165, 1.54) is 250 Å². The number of ether oxygens (including phenoxy) is 3. The fraction of sp³-hybridized carbons (Fsp3) is 0.868. The number of carbonyl (C=O) groups is 2. The second-order valence-corrected chi connectivity index (χ2v) is 26.0. The van der Waals surface area contributed by atoms with Crippen LogP contribution in [0.2, 0.25) is 0 Å².